The normalized spacial score (nSPS) is 14.0. The zero-order valence-corrected chi connectivity index (χ0v) is 23.0. The number of rotatable bonds is 11. The molecule has 0 bridgehead atoms. The van der Waals surface area contributed by atoms with Crippen molar-refractivity contribution < 1.29 is 37.0 Å². The van der Waals surface area contributed by atoms with Gasteiger partial charge in [-0.2, -0.15) is 4.31 Å². The third kappa shape index (κ3) is 6.88. The summed E-state index contributed by atoms with van der Waals surface area (Å²) in [5, 5.41) is 4.74. The highest BCUT2D eigenvalue weighted by molar-refractivity contribution is 7.89. The molecule has 0 spiro atoms. The van der Waals surface area contributed by atoms with Crippen molar-refractivity contribution in [2.45, 2.75) is 44.9 Å². The van der Waals surface area contributed by atoms with E-state index in [4.69, 9.17) is 14.2 Å². The predicted octanol–water partition coefficient (Wildman–Crippen LogP) is 3.71. The molecule has 1 N–H and O–H groups in total. The molecule has 1 aromatic carbocycles. The summed E-state index contributed by atoms with van der Waals surface area (Å²) in [6.07, 6.45) is 2.16. The van der Waals surface area contributed by atoms with Crippen molar-refractivity contribution in [1.82, 2.24) is 4.31 Å². The number of anilines is 1. The van der Waals surface area contributed by atoms with Crippen molar-refractivity contribution >= 4 is 44.2 Å². The van der Waals surface area contributed by atoms with Gasteiger partial charge >= 0.3 is 11.9 Å². The van der Waals surface area contributed by atoms with Gasteiger partial charge in [0.15, 0.2) is 6.61 Å². The molecule has 2 aromatic rings. The molecule has 0 aliphatic carbocycles. The van der Waals surface area contributed by atoms with Gasteiger partial charge in [-0.15, -0.1) is 11.3 Å². The maximum absolute atomic E-state index is 13.1. The van der Waals surface area contributed by atoms with Crippen LogP contribution in [0.25, 0.3) is 0 Å². The Morgan fingerprint density at radius 2 is 1.81 bits per heavy atom. The van der Waals surface area contributed by atoms with E-state index in [-0.39, 0.29) is 28.7 Å². The summed E-state index contributed by atoms with van der Waals surface area (Å²) in [6, 6.07) is 3.95. The van der Waals surface area contributed by atoms with Crippen LogP contribution in [0.1, 0.15) is 59.9 Å². The smallest absolute Gasteiger partial charge is 0.341 e. The second kappa shape index (κ2) is 12.5. The lowest BCUT2D eigenvalue weighted by atomic mass is 10.0. The Hall–Kier alpha value is -2.96. The topological polar surface area (TPSA) is 128 Å². The highest BCUT2D eigenvalue weighted by atomic mass is 32.2. The molecule has 1 fully saturated rings. The zero-order chi connectivity index (χ0) is 27.2. The minimum Gasteiger partial charge on any atom is -0.495 e. The molecular weight excluding hydrogens is 520 g/mol. The molecule has 2 heterocycles. The maximum Gasteiger partial charge on any atom is 0.341 e. The number of nitrogens with one attached hydrogen (secondary N) is 1. The monoisotopic (exact) mass is 552 g/mol. The molecule has 12 heteroatoms. The van der Waals surface area contributed by atoms with Gasteiger partial charge in [0.05, 0.1) is 24.8 Å². The van der Waals surface area contributed by atoms with Crippen LogP contribution in [0.2, 0.25) is 0 Å². The molecule has 0 radical (unpaired) electrons. The molecule has 202 valence electrons. The fourth-order valence-electron chi connectivity index (χ4n) is 3.95. The molecule has 1 aliphatic rings. The minimum absolute atomic E-state index is 0.0334. The molecule has 3 rings (SSSR count). The van der Waals surface area contributed by atoms with Crippen molar-refractivity contribution in [3.05, 3.63) is 40.3 Å². The van der Waals surface area contributed by atoms with Gasteiger partial charge in [0.2, 0.25) is 10.0 Å². The number of benzene rings is 1. The number of hydrogen-bond acceptors (Lipinski definition) is 9. The molecule has 1 amide bonds. The Morgan fingerprint density at radius 1 is 1.11 bits per heavy atom. The fraction of sp³-hybridized carbons (Fsp3) is 0.480. The van der Waals surface area contributed by atoms with E-state index >= 15 is 0 Å². The number of thiophene rings is 1. The molecule has 0 atom stereocenters. The van der Waals surface area contributed by atoms with Crippen LogP contribution in [0.4, 0.5) is 5.00 Å². The Bertz CT molecular complexity index is 1250. The van der Waals surface area contributed by atoms with Crippen LogP contribution in [0.15, 0.2) is 28.5 Å². The number of ether oxygens (including phenoxy) is 3. The van der Waals surface area contributed by atoms with Crippen molar-refractivity contribution in [1.29, 1.82) is 0 Å². The highest BCUT2D eigenvalue weighted by Gasteiger charge is 2.31. The van der Waals surface area contributed by atoms with E-state index in [0.717, 1.165) is 18.4 Å². The summed E-state index contributed by atoms with van der Waals surface area (Å²) in [4.78, 5) is 37.6. The van der Waals surface area contributed by atoms with Crippen LogP contribution in [0.5, 0.6) is 5.75 Å². The van der Waals surface area contributed by atoms with Crippen LogP contribution >= 0.6 is 11.3 Å². The Morgan fingerprint density at radius 3 is 2.43 bits per heavy atom. The summed E-state index contributed by atoms with van der Waals surface area (Å²) >= 11 is 1.19. The van der Waals surface area contributed by atoms with Crippen LogP contribution in [0.3, 0.4) is 0 Å². The van der Waals surface area contributed by atoms with Crippen LogP contribution in [-0.2, 0) is 30.7 Å². The number of nitrogens with zero attached hydrogens (tertiary/aromatic N) is 1. The first-order valence-corrected chi connectivity index (χ1v) is 14.3. The van der Waals surface area contributed by atoms with E-state index in [0.29, 0.717) is 30.1 Å². The fourth-order valence-corrected chi connectivity index (χ4v) is 6.63. The van der Waals surface area contributed by atoms with E-state index in [1.165, 1.54) is 41.0 Å². The van der Waals surface area contributed by atoms with Gasteiger partial charge in [0, 0.05) is 13.1 Å². The lowest BCUT2D eigenvalue weighted by molar-refractivity contribution is -0.119. The van der Waals surface area contributed by atoms with E-state index in [1.807, 2.05) is 13.8 Å². The first kappa shape index (κ1) is 28.6. The van der Waals surface area contributed by atoms with Gasteiger partial charge in [0.25, 0.3) is 5.91 Å². The Balaban J connectivity index is 1.72. The van der Waals surface area contributed by atoms with Crippen molar-refractivity contribution in [2.24, 2.45) is 5.92 Å². The van der Waals surface area contributed by atoms with Gasteiger partial charge in [-0.25, -0.2) is 18.0 Å². The first-order chi connectivity index (χ1) is 17.6. The van der Waals surface area contributed by atoms with Gasteiger partial charge in [0.1, 0.15) is 15.6 Å². The molecule has 1 aliphatic heterocycles. The van der Waals surface area contributed by atoms with Crippen molar-refractivity contribution in [2.75, 3.05) is 38.7 Å². The number of esters is 2. The average molecular weight is 553 g/mol. The predicted molar refractivity (Wildman–Crippen MR) is 139 cm³/mol. The third-order valence-electron chi connectivity index (χ3n) is 5.64. The summed E-state index contributed by atoms with van der Waals surface area (Å²) in [5.41, 5.74) is 1.04. The Kier molecular flexibility index (Phi) is 9.68. The summed E-state index contributed by atoms with van der Waals surface area (Å²) in [5.74, 6) is -1.64. The molecule has 0 unspecified atom stereocenters. The van der Waals surface area contributed by atoms with Crippen LogP contribution in [-0.4, -0.2) is 64.0 Å². The summed E-state index contributed by atoms with van der Waals surface area (Å²) < 4.78 is 42.9. The SMILES string of the molecule is CCOC(=O)c1c(CC(C)C)csc1NC(=O)COC(=O)c1ccc(OC)c(S(=O)(=O)N2CCCC2)c1. The quantitative estimate of drug-likeness (QED) is 0.418. The lowest BCUT2D eigenvalue weighted by Gasteiger charge is -2.18. The highest BCUT2D eigenvalue weighted by Crippen LogP contribution is 2.32. The molecular formula is C25H32N2O8S2. The minimum atomic E-state index is -3.85. The molecule has 1 saturated heterocycles. The van der Waals surface area contributed by atoms with Gasteiger partial charge in [-0.3, -0.25) is 4.79 Å². The summed E-state index contributed by atoms with van der Waals surface area (Å²) in [7, 11) is -2.51. The maximum atomic E-state index is 13.1. The average Bonchev–Trinajstić information content (AvgIpc) is 3.53. The van der Waals surface area contributed by atoms with Crippen molar-refractivity contribution in [3.63, 3.8) is 0 Å². The third-order valence-corrected chi connectivity index (χ3v) is 8.51. The van der Waals surface area contributed by atoms with Crippen molar-refractivity contribution in [3.8, 4) is 5.75 Å². The zero-order valence-electron chi connectivity index (χ0n) is 21.4. The molecule has 37 heavy (non-hydrogen) atoms. The number of sulfonamides is 1. The summed E-state index contributed by atoms with van der Waals surface area (Å²) in [6.45, 7) is 6.10. The van der Waals surface area contributed by atoms with Gasteiger partial charge < -0.3 is 19.5 Å². The largest absolute Gasteiger partial charge is 0.495 e. The second-order valence-electron chi connectivity index (χ2n) is 8.88. The number of carbonyl (C=O) groups is 3. The van der Waals surface area contributed by atoms with Crippen LogP contribution < -0.4 is 10.1 Å². The van der Waals surface area contributed by atoms with E-state index in [9.17, 15) is 22.8 Å². The van der Waals surface area contributed by atoms with E-state index in [1.54, 1.807) is 12.3 Å². The first-order valence-electron chi connectivity index (χ1n) is 12.0. The van der Waals surface area contributed by atoms with Gasteiger partial charge in [-0.05, 0) is 61.2 Å². The standard InChI is InChI=1S/C25H32N2O8S2/c1-5-34-25(30)22-18(12-16(2)3)15-36-23(22)26-21(28)14-35-24(29)17-8-9-19(33-4)20(13-17)37(31,32)27-10-6-7-11-27/h8-9,13,15-16H,5-7,10-12,14H2,1-4H3,(H,26,28). The van der Waals surface area contributed by atoms with E-state index in [2.05, 4.69) is 5.32 Å². The van der Waals surface area contributed by atoms with Crippen LogP contribution in [0, 0.1) is 5.92 Å². The number of amides is 1. The number of hydrogen-bond donors (Lipinski definition) is 1. The molecule has 0 saturated carbocycles. The lowest BCUT2D eigenvalue weighted by Crippen LogP contribution is -2.28. The molecule has 10 nitrogen and oxygen atoms in total. The number of carbonyl (C=O) groups excluding carboxylic acids is 3. The second-order valence-corrected chi connectivity index (χ2v) is 11.7. The number of methoxy groups -OCH3 is 1. The molecule has 1 aromatic heterocycles. The van der Waals surface area contributed by atoms with Gasteiger partial charge in [-0.1, -0.05) is 13.8 Å². The van der Waals surface area contributed by atoms with E-state index < -0.39 is 34.5 Å². The Labute approximate surface area is 220 Å².